The molecule has 1 atom stereocenters. The summed E-state index contributed by atoms with van der Waals surface area (Å²) in [6, 6.07) is 14.0. The van der Waals surface area contributed by atoms with Gasteiger partial charge in [-0.15, -0.1) is 0 Å². The number of ether oxygens (including phenoxy) is 1. The molecule has 0 bridgehead atoms. The first-order chi connectivity index (χ1) is 21.8. The van der Waals surface area contributed by atoms with Crippen molar-refractivity contribution in [2.24, 2.45) is 7.05 Å². The average Bonchev–Trinajstić information content (AvgIpc) is 3.32. The predicted octanol–water partition coefficient (Wildman–Crippen LogP) is 1.29. The molecule has 1 aliphatic heterocycles. The number of methoxy groups -OCH3 is 1. The van der Waals surface area contributed by atoms with Crippen LogP contribution in [-0.4, -0.2) is 96.6 Å². The Morgan fingerprint density at radius 1 is 0.978 bits per heavy atom. The molecule has 0 amide bonds. The number of hydrogen-bond donors (Lipinski definition) is 6. The summed E-state index contributed by atoms with van der Waals surface area (Å²) >= 11 is 0. The second kappa shape index (κ2) is 16.1. The summed E-state index contributed by atoms with van der Waals surface area (Å²) in [6.07, 6.45) is 3.19. The minimum absolute atomic E-state index is 0.339. The van der Waals surface area contributed by atoms with Gasteiger partial charge in [-0.2, -0.15) is 0 Å². The summed E-state index contributed by atoms with van der Waals surface area (Å²) in [5.74, 6) is -6.88. The molecule has 46 heavy (non-hydrogen) atoms. The largest absolute Gasteiger partial charge is 0.497 e. The average molecular weight is 643 g/mol. The highest BCUT2D eigenvalue weighted by Crippen LogP contribution is 2.28. The summed E-state index contributed by atoms with van der Waals surface area (Å²) in [4.78, 5) is 54.8. The van der Waals surface area contributed by atoms with Gasteiger partial charge >= 0.3 is 29.6 Å². The molecule has 0 spiro atoms. The van der Waals surface area contributed by atoms with Crippen LogP contribution in [0.15, 0.2) is 57.9 Å². The Kier molecular flexibility index (Phi) is 12.3. The molecule has 6 N–H and O–H groups in total. The van der Waals surface area contributed by atoms with Gasteiger partial charge in [-0.25, -0.2) is 24.0 Å². The zero-order valence-corrected chi connectivity index (χ0v) is 25.0. The molecular weight excluding hydrogens is 608 g/mol. The van der Waals surface area contributed by atoms with Crippen LogP contribution in [-0.2, 0) is 32.8 Å². The summed E-state index contributed by atoms with van der Waals surface area (Å²) in [5.41, 5.74) is 4.26. The Balaban J connectivity index is 0.000000410. The van der Waals surface area contributed by atoms with E-state index in [0.29, 0.717) is 18.2 Å². The monoisotopic (exact) mass is 642 g/mol. The van der Waals surface area contributed by atoms with Crippen LogP contribution in [0.4, 0.5) is 0 Å². The third kappa shape index (κ3) is 9.59. The van der Waals surface area contributed by atoms with Crippen molar-refractivity contribution < 1.29 is 53.9 Å². The van der Waals surface area contributed by atoms with Crippen molar-refractivity contribution in [3.63, 3.8) is 0 Å². The molecule has 3 heterocycles. The number of aliphatic hydroxyl groups excluding tert-OH is 1. The SMILES string of the molecule is COc1ccc2nccc([C@@H](O)CN3CCC(NCc4ccc5c(c4)oc(=O)n5C)CC3)c2c1.O=C(O)C(=O)O.O=C(O)C(=O)O. The van der Waals surface area contributed by atoms with Gasteiger partial charge in [0.2, 0.25) is 0 Å². The number of nitrogens with zero attached hydrogens (tertiary/aromatic N) is 3. The maximum atomic E-state index is 11.7. The number of likely N-dealkylation sites (tertiary alicyclic amines) is 1. The topological polar surface area (TPSA) is 242 Å². The van der Waals surface area contributed by atoms with E-state index in [-0.39, 0.29) is 5.76 Å². The number of pyridine rings is 1. The normalized spacial score (nSPS) is 14.0. The number of nitrogens with one attached hydrogen (secondary N) is 1. The van der Waals surface area contributed by atoms with E-state index < -0.39 is 30.0 Å². The van der Waals surface area contributed by atoms with E-state index in [4.69, 9.17) is 48.8 Å². The van der Waals surface area contributed by atoms with Crippen molar-refractivity contribution in [3.8, 4) is 5.75 Å². The van der Waals surface area contributed by atoms with Crippen molar-refractivity contribution in [1.29, 1.82) is 0 Å². The second-order valence-corrected chi connectivity index (χ2v) is 10.2. The van der Waals surface area contributed by atoms with E-state index in [9.17, 15) is 9.90 Å². The van der Waals surface area contributed by atoms with E-state index in [1.54, 1.807) is 20.4 Å². The van der Waals surface area contributed by atoms with Crippen molar-refractivity contribution in [1.82, 2.24) is 19.8 Å². The Morgan fingerprint density at radius 2 is 1.61 bits per heavy atom. The molecule has 4 aromatic rings. The molecule has 0 aliphatic carbocycles. The van der Waals surface area contributed by atoms with Crippen LogP contribution < -0.4 is 15.8 Å². The summed E-state index contributed by atoms with van der Waals surface area (Å²) in [5, 5.41) is 45.1. The highest BCUT2D eigenvalue weighted by atomic mass is 16.5. The maximum absolute atomic E-state index is 11.7. The number of oxazole rings is 1. The molecule has 0 radical (unpaired) electrons. The number of carbonyl (C=O) groups is 4. The molecule has 1 aliphatic rings. The van der Waals surface area contributed by atoms with Crippen LogP contribution in [0.2, 0.25) is 0 Å². The molecule has 246 valence electrons. The van der Waals surface area contributed by atoms with Crippen molar-refractivity contribution in [2.45, 2.75) is 31.5 Å². The van der Waals surface area contributed by atoms with Gasteiger partial charge in [0.15, 0.2) is 5.58 Å². The zero-order chi connectivity index (χ0) is 34.0. The third-order valence-electron chi connectivity index (χ3n) is 7.18. The lowest BCUT2D eigenvalue weighted by Gasteiger charge is -2.33. The van der Waals surface area contributed by atoms with Gasteiger partial charge in [-0.05, 0) is 73.5 Å². The number of aliphatic carboxylic acids is 4. The third-order valence-corrected chi connectivity index (χ3v) is 7.18. The van der Waals surface area contributed by atoms with E-state index in [2.05, 4.69) is 15.2 Å². The number of carboxylic acids is 4. The molecule has 16 heteroatoms. The quantitative estimate of drug-likeness (QED) is 0.156. The smallest absolute Gasteiger partial charge is 0.419 e. The predicted molar refractivity (Wildman–Crippen MR) is 162 cm³/mol. The molecule has 1 saturated heterocycles. The number of β-amino-alcohol motifs (C(OH)–C–C–N with tert-alkyl or cyclic N) is 1. The lowest BCUT2D eigenvalue weighted by atomic mass is 10.0. The fourth-order valence-electron chi connectivity index (χ4n) is 4.78. The first kappa shape index (κ1) is 35.2. The first-order valence-corrected chi connectivity index (χ1v) is 13.9. The van der Waals surface area contributed by atoms with Crippen molar-refractivity contribution >= 4 is 45.9 Å². The summed E-state index contributed by atoms with van der Waals surface area (Å²) in [7, 11) is 3.36. The Labute approximate surface area is 261 Å². The lowest BCUT2D eigenvalue weighted by molar-refractivity contribution is -0.159. The standard InChI is InChI=1S/C26H30N4O4.2C2H2O4/c1-29-23-6-3-17(13-25(23)34-26(29)32)15-28-18-8-11-30(12-9-18)16-24(31)20-7-10-27-22-5-4-19(33-2)14-21(20)22;2*3-1(4)2(5)6/h3-7,10,13-14,18,24,28,31H,8-9,11-12,15-16H2,1-2H3;2*(H,3,4)(H,5,6)/t24-;;/m0../s1. The molecule has 16 nitrogen and oxygen atoms in total. The van der Waals surface area contributed by atoms with Crippen LogP contribution >= 0.6 is 0 Å². The van der Waals surface area contributed by atoms with Gasteiger partial charge in [0.1, 0.15) is 5.75 Å². The number of aromatic nitrogens is 2. The fraction of sp³-hybridized carbons (Fsp3) is 0.333. The number of piperidine rings is 1. The van der Waals surface area contributed by atoms with Crippen LogP contribution in [0.3, 0.4) is 0 Å². The Morgan fingerprint density at radius 3 is 2.20 bits per heavy atom. The number of rotatable bonds is 7. The number of fused-ring (bicyclic) bond motifs is 2. The Hall–Kier alpha value is -5.32. The van der Waals surface area contributed by atoms with Crippen LogP contribution in [0.1, 0.15) is 30.1 Å². The highest BCUT2D eigenvalue weighted by molar-refractivity contribution is 6.27. The minimum Gasteiger partial charge on any atom is -0.497 e. The molecular formula is C30H34N4O12. The highest BCUT2D eigenvalue weighted by Gasteiger charge is 2.22. The summed E-state index contributed by atoms with van der Waals surface area (Å²) < 4.78 is 12.2. The number of aliphatic hydroxyl groups is 1. The minimum atomic E-state index is -1.82. The van der Waals surface area contributed by atoms with E-state index in [1.165, 1.54) is 4.57 Å². The van der Waals surface area contributed by atoms with Gasteiger partial charge in [0, 0.05) is 37.8 Å². The van der Waals surface area contributed by atoms with Crippen LogP contribution in [0.5, 0.6) is 5.75 Å². The number of benzene rings is 2. The van der Waals surface area contributed by atoms with E-state index in [0.717, 1.165) is 65.8 Å². The fourth-order valence-corrected chi connectivity index (χ4v) is 4.78. The van der Waals surface area contributed by atoms with Gasteiger partial charge in [-0.1, -0.05) is 6.07 Å². The van der Waals surface area contributed by atoms with E-state index >= 15 is 0 Å². The van der Waals surface area contributed by atoms with Gasteiger partial charge in [-0.3, -0.25) is 9.55 Å². The molecule has 1 fully saturated rings. The van der Waals surface area contributed by atoms with E-state index in [1.807, 2.05) is 42.5 Å². The van der Waals surface area contributed by atoms with Crippen molar-refractivity contribution in [2.75, 3.05) is 26.7 Å². The van der Waals surface area contributed by atoms with Crippen molar-refractivity contribution in [3.05, 3.63) is 70.3 Å². The molecule has 5 rings (SSSR count). The maximum Gasteiger partial charge on any atom is 0.419 e. The number of carboxylic acid groups (broad SMARTS) is 4. The van der Waals surface area contributed by atoms with Crippen LogP contribution in [0, 0.1) is 0 Å². The molecule has 0 saturated carbocycles. The molecule has 0 unspecified atom stereocenters. The summed E-state index contributed by atoms with van der Waals surface area (Å²) in [6.45, 7) is 3.17. The van der Waals surface area contributed by atoms with Gasteiger partial charge < -0.3 is 44.9 Å². The molecule has 2 aromatic carbocycles. The zero-order valence-electron chi connectivity index (χ0n) is 25.0. The first-order valence-electron chi connectivity index (χ1n) is 13.9. The molecule has 2 aromatic heterocycles. The Bertz CT molecular complexity index is 1710. The van der Waals surface area contributed by atoms with Crippen LogP contribution in [0.25, 0.3) is 22.0 Å². The number of aryl methyl sites for hydroxylation is 1. The van der Waals surface area contributed by atoms with Gasteiger partial charge in [0.25, 0.3) is 0 Å². The lowest BCUT2D eigenvalue weighted by Crippen LogP contribution is -2.43. The number of hydrogen-bond acceptors (Lipinski definition) is 11. The van der Waals surface area contributed by atoms with Gasteiger partial charge in [0.05, 0.1) is 24.2 Å². The second-order valence-electron chi connectivity index (χ2n) is 10.2.